The lowest BCUT2D eigenvalue weighted by molar-refractivity contribution is 0.248. The van der Waals surface area contributed by atoms with Gasteiger partial charge < -0.3 is 5.73 Å². The Morgan fingerprint density at radius 1 is 1.47 bits per heavy atom. The molecule has 0 amide bonds. The second-order valence-electron chi connectivity index (χ2n) is 4.73. The number of nitrogens with two attached hydrogens (primary N) is 1. The Morgan fingerprint density at radius 3 is 2.87 bits per heavy atom. The van der Waals surface area contributed by atoms with Gasteiger partial charge in [0.2, 0.25) is 0 Å². The summed E-state index contributed by atoms with van der Waals surface area (Å²) in [5, 5.41) is 4.31. The van der Waals surface area contributed by atoms with Crippen molar-refractivity contribution in [2.45, 2.75) is 38.6 Å². The van der Waals surface area contributed by atoms with Gasteiger partial charge in [0.05, 0.1) is 0 Å². The quantitative estimate of drug-likeness (QED) is 0.861. The van der Waals surface area contributed by atoms with Gasteiger partial charge in [-0.1, -0.05) is 19.8 Å². The minimum atomic E-state index is 0.230. The first-order chi connectivity index (χ1) is 7.18. The van der Waals surface area contributed by atoms with Crippen LogP contribution in [0.1, 0.15) is 44.2 Å². The molecule has 1 fully saturated rings. The molecule has 1 nitrogen and oxygen atoms in total. The maximum Gasteiger partial charge on any atom is 0.0343 e. The van der Waals surface area contributed by atoms with E-state index in [0.717, 1.165) is 5.92 Å². The van der Waals surface area contributed by atoms with E-state index < -0.39 is 0 Å². The zero-order chi connectivity index (χ0) is 10.8. The molecule has 1 heterocycles. The molecular weight excluding hydrogens is 270 g/mol. The molecule has 3 atom stereocenters. The van der Waals surface area contributed by atoms with E-state index in [-0.39, 0.29) is 6.04 Å². The predicted octanol–water partition coefficient (Wildman–Crippen LogP) is 4.34. The van der Waals surface area contributed by atoms with Crippen molar-refractivity contribution in [2.24, 2.45) is 17.6 Å². The van der Waals surface area contributed by atoms with Crippen molar-refractivity contribution < 1.29 is 0 Å². The summed E-state index contributed by atoms with van der Waals surface area (Å²) in [4.78, 5) is 0. The molecule has 84 valence electrons. The lowest BCUT2D eigenvalue weighted by Crippen LogP contribution is -2.26. The molecule has 3 heteroatoms. The number of hydrogen-bond donors (Lipinski definition) is 1. The van der Waals surface area contributed by atoms with Crippen LogP contribution in [0.2, 0.25) is 0 Å². The monoisotopic (exact) mass is 287 g/mol. The first-order valence-corrected chi connectivity index (χ1v) is 7.39. The Morgan fingerprint density at radius 2 is 2.27 bits per heavy atom. The van der Waals surface area contributed by atoms with Gasteiger partial charge in [0.1, 0.15) is 0 Å². The van der Waals surface area contributed by atoms with Crippen LogP contribution in [-0.4, -0.2) is 0 Å². The molecular formula is C12H18BrNS. The van der Waals surface area contributed by atoms with E-state index in [2.05, 4.69) is 33.6 Å². The highest BCUT2D eigenvalue weighted by molar-refractivity contribution is 9.10. The Balaban J connectivity index is 2.07. The van der Waals surface area contributed by atoms with Crippen LogP contribution < -0.4 is 5.73 Å². The molecule has 0 bridgehead atoms. The zero-order valence-electron chi connectivity index (χ0n) is 9.08. The molecule has 2 N–H and O–H groups in total. The first kappa shape index (κ1) is 11.6. The smallest absolute Gasteiger partial charge is 0.0343 e. The summed E-state index contributed by atoms with van der Waals surface area (Å²) in [6, 6.07) is 0.230. The summed E-state index contributed by atoms with van der Waals surface area (Å²) in [5.74, 6) is 1.53. The van der Waals surface area contributed by atoms with Gasteiger partial charge in [0.25, 0.3) is 0 Å². The van der Waals surface area contributed by atoms with Gasteiger partial charge in [-0.25, -0.2) is 0 Å². The van der Waals surface area contributed by atoms with Gasteiger partial charge in [-0.15, -0.1) is 0 Å². The van der Waals surface area contributed by atoms with Gasteiger partial charge in [-0.05, 0) is 51.6 Å². The third-order valence-electron chi connectivity index (χ3n) is 3.49. The van der Waals surface area contributed by atoms with Crippen molar-refractivity contribution in [3.05, 3.63) is 20.8 Å². The summed E-state index contributed by atoms with van der Waals surface area (Å²) in [6.45, 7) is 2.35. The summed E-state index contributed by atoms with van der Waals surface area (Å²) in [6.07, 6.45) is 5.33. The fourth-order valence-corrected chi connectivity index (χ4v) is 4.20. The summed E-state index contributed by atoms with van der Waals surface area (Å²) in [5.41, 5.74) is 7.66. The molecule has 3 unspecified atom stereocenters. The lowest BCUT2D eigenvalue weighted by Gasteiger charge is -2.31. The van der Waals surface area contributed by atoms with Crippen molar-refractivity contribution in [3.63, 3.8) is 0 Å². The van der Waals surface area contributed by atoms with Crippen molar-refractivity contribution in [1.82, 2.24) is 0 Å². The van der Waals surface area contributed by atoms with Crippen LogP contribution in [0, 0.1) is 11.8 Å². The minimum absolute atomic E-state index is 0.230. The fraction of sp³-hybridized carbons (Fsp3) is 0.667. The van der Waals surface area contributed by atoms with E-state index in [4.69, 9.17) is 5.73 Å². The molecule has 1 aromatic rings. The molecule has 2 rings (SSSR count). The summed E-state index contributed by atoms with van der Waals surface area (Å²) in [7, 11) is 0. The van der Waals surface area contributed by atoms with E-state index >= 15 is 0 Å². The minimum Gasteiger partial charge on any atom is -0.324 e. The highest BCUT2D eigenvalue weighted by Gasteiger charge is 2.26. The Kier molecular flexibility index (Phi) is 3.86. The molecule has 15 heavy (non-hydrogen) atoms. The molecule has 1 aromatic heterocycles. The van der Waals surface area contributed by atoms with Crippen LogP contribution in [0.25, 0.3) is 0 Å². The highest BCUT2D eigenvalue weighted by Crippen LogP contribution is 2.38. The van der Waals surface area contributed by atoms with Crippen LogP contribution in [0.5, 0.6) is 0 Å². The lowest BCUT2D eigenvalue weighted by atomic mass is 9.77. The molecule has 0 radical (unpaired) electrons. The Hall–Kier alpha value is 0.140. The van der Waals surface area contributed by atoms with E-state index in [1.807, 2.05) is 0 Å². The second kappa shape index (κ2) is 4.98. The van der Waals surface area contributed by atoms with Crippen LogP contribution >= 0.6 is 27.3 Å². The maximum atomic E-state index is 6.35. The number of hydrogen-bond acceptors (Lipinski definition) is 2. The summed E-state index contributed by atoms with van der Waals surface area (Å²) >= 11 is 5.31. The van der Waals surface area contributed by atoms with Crippen molar-refractivity contribution in [3.8, 4) is 0 Å². The third-order valence-corrected chi connectivity index (χ3v) is 5.24. The van der Waals surface area contributed by atoms with E-state index in [1.165, 1.54) is 35.7 Å². The zero-order valence-corrected chi connectivity index (χ0v) is 11.5. The summed E-state index contributed by atoms with van der Waals surface area (Å²) < 4.78 is 1.19. The molecule has 1 aliphatic carbocycles. The number of rotatable bonds is 2. The van der Waals surface area contributed by atoms with Crippen molar-refractivity contribution >= 4 is 27.3 Å². The topological polar surface area (TPSA) is 26.0 Å². The average Bonchev–Trinajstić information content (AvgIpc) is 2.63. The van der Waals surface area contributed by atoms with E-state index in [1.54, 1.807) is 11.3 Å². The number of thiophene rings is 1. The molecule has 1 saturated carbocycles. The largest absolute Gasteiger partial charge is 0.324 e. The van der Waals surface area contributed by atoms with Crippen molar-refractivity contribution in [1.29, 1.82) is 0 Å². The predicted molar refractivity (Wildman–Crippen MR) is 70.1 cm³/mol. The van der Waals surface area contributed by atoms with Gasteiger partial charge >= 0.3 is 0 Å². The molecule has 0 spiro atoms. The molecule has 0 saturated heterocycles. The Bertz CT molecular complexity index is 323. The van der Waals surface area contributed by atoms with Crippen LogP contribution in [0.15, 0.2) is 15.2 Å². The number of halogens is 1. The van der Waals surface area contributed by atoms with Crippen molar-refractivity contribution in [2.75, 3.05) is 0 Å². The molecule has 1 aliphatic rings. The van der Waals surface area contributed by atoms with Crippen LogP contribution in [0.4, 0.5) is 0 Å². The SMILES string of the molecule is CC1CCCC(C(N)c2cscc2Br)C1. The second-order valence-corrected chi connectivity index (χ2v) is 6.33. The maximum absolute atomic E-state index is 6.35. The first-order valence-electron chi connectivity index (χ1n) is 5.65. The molecule has 0 aromatic carbocycles. The van der Waals surface area contributed by atoms with Gasteiger partial charge in [-0.2, -0.15) is 11.3 Å². The fourth-order valence-electron chi connectivity index (χ4n) is 2.59. The normalized spacial score (nSPS) is 29.0. The van der Waals surface area contributed by atoms with Crippen LogP contribution in [-0.2, 0) is 0 Å². The average molecular weight is 288 g/mol. The standard InChI is InChI=1S/C12H18BrNS/c1-8-3-2-4-9(5-8)12(14)10-6-15-7-11(10)13/h6-9,12H,2-5,14H2,1H3. The highest BCUT2D eigenvalue weighted by atomic mass is 79.9. The van der Waals surface area contributed by atoms with E-state index in [9.17, 15) is 0 Å². The third kappa shape index (κ3) is 2.63. The van der Waals surface area contributed by atoms with Gasteiger partial charge in [0, 0.05) is 15.9 Å². The van der Waals surface area contributed by atoms with E-state index in [0.29, 0.717) is 5.92 Å². The Labute approximate surface area is 104 Å². The van der Waals surface area contributed by atoms with Gasteiger partial charge in [-0.3, -0.25) is 0 Å². The molecule has 0 aliphatic heterocycles. The van der Waals surface area contributed by atoms with Crippen LogP contribution in [0.3, 0.4) is 0 Å². The van der Waals surface area contributed by atoms with Gasteiger partial charge in [0.15, 0.2) is 0 Å².